The van der Waals surface area contributed by atoms with Crippen LogP contribution < -0.4 is 10.3 Å². The van der Waals surface area contributed by atoms with E-state index in [9.17, 15) is 0 Å². The van der Waals surface area contributed by atoms with Gasteiger partial charge in [0.1, 0.15) is 0 Å². The van der Waals surface area contributed by atoms with Gasteiger partial charge in [0.15, 0.2) is 0 Å². The summed E-state index contributed by atoms with van der Waals surface area (Å²) in [6.07, 6.45) is 1.17. The second kappa shape index (κ2) is 7.46. The zero-order valence-corrected chi connectivity index (χ0v) is 10.1. The van der Waals surface area contributed by atoms with Gasteiger partial charge in [-0.3, -0.25) is 4.98 Å². The molecule has 0 radical (unpaired) electrons. The monoisotopic (exact) mass is 206 g/mol. The van der Waals surface area contributed by atoms with Crippen LogP contribution in [0.2, 0.25) is 6.55 Å². The van der Waals surface area contributed by atoms with E-state index >= 15 is 0 Å². The maximum absolute atomic E-state index is 5.27. The summed E-state index contributed by atoms with van der Waals surface area (Å²) in [6.45, 7) is 7.07. The Labute approximate surface area is 82.3 Å². The number of nitrogens with one attached hydrogen (secondary N) is 2. The average Bonchev–Trinajstić information content (AvgIpc) is 2.17. The third kappa shape index (κ3) is 6.17. The molecule has 0 aromatic carbocycles. The van der Waals surface area contributed by atoms with Gasteiger partial charge in [0.05, 0.1) is 0 Å². The van der Waals surface area contributed by atoms with Crippen molar-refractivity contribution in [1.82, 2.24) is 10.3 Å². The SMILES string of the molecule is CCCNCCN[Si](C)(OC)OC. The van der Waals surface area contributed by atoms with Crippen LogP contribution in [0.1, 0.15) is 13.3 Å². The zero-order valence-electron chi connectivity index (χ0n) is 9.14. The summed E-state index contributed by atoms with van der Waals surface area (Å²) in [5.74, 6) is 0. The van der Waals surface area contributed by atoms with Crippen molar-refractivity contribution in [2.45, 2.75) is 19.9 Å². The molecule has 0 aromatic rings. The summed E-state index contributed by atoms with van der Waals surface area (Å²) in [5, 5.41) is 3.30. The highest BCUT2D eigenvalue weighted by molar-refractivity contribution is 6.63. The minimum absolute atomic E-state index is 0.893. The van der Waals surface area contributed by atoms with Gasteiger partial charge in [0.2, 0.25) is 0 Å². The fourth-order valence-electron chi connectivity index (χ4n) is 0.907. The van der Waals surface area contributed by atoms with Crippen molar-refractivity contribution in [1.29, 1.82) is 0 Å². The van der Waals surface area contributed by atoms with Crippen LogP contribution in [0.15, 0.2) is 0 Å². The highest BCUT2D eigenvalue weighted by atomic mass is 28.4. The summed E-state index contributed by atoms with van der Waals surface area (Å²) in [7, 11) is 1.32. The van der Waals surface area contributed by atoms with Crippen molar-refractivity contribution in [2.75, 3.05) is 33.9 Å². The minimum atomic E-state index is -2.05. The Balaban J connectivity index is 3.39. The van der Waals surface area contributed by atoms with E-state index in [-0.39, 0.29) is 0 Å². The molecule has 4 nitrogen and oxygen atoms in total. The molecule has 0 saturated carbocycles. The van der Waals surface area contributed by atoms with Crippen LogP contribution in [0.25, 0.3) is 0 Å². The van der Waals surface area contributed by atoms with Crippen LogP contribution in [-0.2, 0) is 8.85 Å². The lowest BCUT2D eigenvalue weighted by atomic mass is 10.5. The van der Waals surface area contributed by atoms with E-state index in [0.29, 0.717) is 0 Å². The Morgan fingerprint density at radius 1 is 1.08 bits per heavy atom. The first kappa shape index (κ1) is 13.1. The number of hydrogen-bond acceptors (Lipinski definition) is 4. The molecule has 13 heavy (non-hydrogen) atoms. The second-order valence-electron chi connectivity index (χ2n) is 3.03. The maximum Gasteiger partial charge on any atom is 0.421 e. The molecule has 0 aromatic heterocycles. The summed E-state index contributed by atoms with van der Waals surface area (Å²) >= 11 is 0. The van der Waals surface area contributed by atoms with Gasteiger partial charge in [-0.05, 0) is 19.5 Å². The van der Waals surface area contributed by atoms with Crippen molar-refractivity contribution in [3.8, 4) is 0 Å². The molecule has 0 bridgehead atoms. The predicted octanol–water partition coefficient (Wildman–Crippen LogP) is 0.437. The molecule has 2 N–H and O–H groups in total. The Hall–Kier alpha value is 0.0569. The van der Waals surface area contributed by atoms with E-state index in [2.05, 4.69) is 17.2 Å². The van der Waals surface area contributed by atoms with E-state index < -0.39 is 8.72 Å². The zero-order chi connectivity index (χ0) is 10.2. The average molecular weight is 206 g/mol. The Bertz CT molecular complexity index is 121. The smallest absolute Gasteiger partial charge is 0.386 e. The van der Waals surface area contributed by atoms with Crippen LogP contribution in [0, 0.1) is 0 Å². The van der Waals surface area contributed by atoms with Gasteiger partial charge in [-0.25, -0.2) is 0 Å². The molecular weight excluding hydrogens is 184 g/mol. The molecule has 0 atom stereocenters. The van der Waals surface area contributed by atoms with E-state index in [4.69, 9.17) is 8.85 Å². The van der Waals surface area contributed by atoms with Crippen LogP contribution >= 0.6 is 0 Å². The highest BCUT2D eigenvalue weighted by Crippen LogP contribution is 1.97. The van der Waals surface area contributed by atoms with Gasteiger partial charge in [-0.2, -0.15) is 0 Å². The van der Waals surface area contributed by atoms with Gasteiger partial charge < -0.3 is 14.2 Å². The van der Waals surface area contributed by atoms with Crippen molar-refractivity contribution in [3.05, 3.63) is 0 Å². The molecule has 0 aliphatic heterocycles. The summed E-state index contributed by atoms with van der Waals surface area (Å²) in [5.41, 5.74) is 0. The largest absolute Gasteiger partial charge is 0.421 e. The summed E-state index contributed by atoms with van der Waals surface area (Å²) in [4.78, 5) is 3.29. The molecule has 0 heterocycles. The third-order valence-corrected chi connectivity index (χ3v) is 4.40. The fourth-order valence-corrected chi connectivity index (χ4v) is 1.94. The molecule has 0 rings (SSSR count). The summed E-state index contributed by atoms with van der Waals surface area (Å²) < 4.78 is 10.5. The Morgan fingerprint density at radius 2 is 1.69 bits per heavy atom. The quantitative estimate of drug-likeness (QED) is 0.447. The lowest BCUT2D eigenvalue weighted by Crippen LogP contribution is -2.53. The van der Waals surface area contributed by atoms with Crippen LogP contribution in [0.3, 0.4) is 0 Å². The Kier molecular flexibility index (Phi) is 7.49. The van der Waals surface area contributed by atoms with E-state index in [1.807, 2.05) is 6.55 Å². The van der Waals surface area contributed by atoms with Crippen molar-refractivity contribution >= 4 is 8.72 Å². The molecule has 80 valence electrons. The van der Waals surface area contributed by atoms with Crippen LogP contribution in [-0.4, -0.2) is 42.6 Å². The van der Waals surface area contributed by atoms with E-state index in [0.717, 1.165) is 19.6 Å². The fraction of sp³-hybridized carbons (Fsp3) is 1.00. The molecular formula is C8H22N2O2Si. The van der Waals surface area contributed by atoms with Gasteiger partial charge >= 0.3 is 8.72 Å². The normalized spacial score (nSPS) is 12.0. The molecule has 0 fully saturated rings. The van der Waals surface area contributed by atoms with Crippen molar-refractivity contribution in [3.63, 3.8) is 0 Å². The number of hydrogen-bond donors (Lipinski definition) is 2. The minimum Gasteiger partial charge on any atom is -0.386 e. The van der Waals surface area contributed by atoms with E-state index in [1.54, 1.807) is 14.2 Å². The lowest BCUT2D eigenvalue weighted by Gasteiger charge is -2.23. The third-order valence-electron chi connectivity index (χ3n) is 1.95. The predicted molar refractivity (Wildman–Crippen MR) is 56.8 cm³/mol. The highest BCUT2D eigenvalue weighted by Gasteiger charge is 2.27. The van der Waals surface area contributed by atoms with Gasteiger partial charge in [0, 0.05) is 27.3 Å². The first-order valence-electron chi connectivity index (χ1n) is 4.74. The standard InChI is InChI=1S/C8H22N2O2Si/c1-5-6-9-7-8-10-13(4,11-2)12-3/h9-10H,5-8H2,1-4H3. The molecule has 0 unspecified atom stereocenters. The first-order chi connectivity index (χ1) is 6.18. The van der Waals surface area contributed by atoms with Crippen LogP contribution in [0.4, 0.5) is 0 Å². The van der Waals surface area contributed by atoms with Gasteiger partial charge in [-0.1, -0.05) is 6.92 Å². The Morgan fingerprint density at radius 3 is 2.15 bits per heavy atom. The van der Waals surface area contributed by atoms with Gasteiger partial charge in [0.25, 0.3) is 0 Å². The molecule has 5 heteroatoms. The number of rotatable bonds is 8. The molecule has 0 saturated heterocycles. The summed E-state index contributed by atoms with van der Waals surface area (Å²) in [6, 6.07) is 0. The van der Waals surface area contributed by atoms with Gasteiger partial charge in [-0.15, -0.1) is 0 Å². The van der Waals surface area contributed by atoms with E-state index in [1.165, 1.54) is 6.42 Å². The lowest BCUT2D eigenvalue weighted by molar-refractivity contribution is 0.236. The molecule has 0 spiro atoms. The maximum atomic E-state index is 5.27. The van der Waals surface area contributed by atoms with Crippen molar-refractivity contribution < 1.29 is 8.85 Å². The van der Waals surface area contributed by atoms with Crippen molar-refractivity contribution in [2.24, 2.45) is 0 Å². The molecule has 0 aliphatic carbocycles. The molecule has 0 amide bonds. The molecule has 0 aliphatic rings. The van der Waals surface area contributed by atoms with Crippen LogP contribution in [0.5, 0.6) is 0 Å². The second-order valence-corrected chi connectivity index (χ2v) is 6.09. The topological polar surface area (TPSA) is 42.5 Å². The first-order valence-corrected chi connectivity index (χ1v) is 7.06.